The number of halogens is 1. The van der Waals surface area contributed by atoms with Gasteiger partial charge < -0.3 is 14.4 Å². The van der Waals surface area contributed by atoms with Gasteiger partial charge in [0.25, 0.3) is 0 Å². The Morgan fingerprint density at radius 3 is 2.94 bits per heavy atom. The molecule has 90 valence electrons. The summed E-state index contributed by atoms with van der Waals surface area (Å²) in [5, 5.41) is 9.09. The van der Waals surface area contributed by atoms with Gasteiger partial charge in [0.15, 0.2) is 11.6 Å². The van der Waals surface area contributed by atoms with E-state index in [0.717, 1.165) is 0 Å². The molecule has 0 saturated heterocycles. The third-order valence-electron chi connectivity index (χ3n) is 2.49. The van der Waals surface area contributed by atoms with Gasteiger partial charge in [0.05, 0.1) is 6.61 Å². The summed E-state index contributed by atoms with van der Waals surface area (Å²) in [7, 11) is 1.83. The predicted molar refractivity (Wildman–Crippen MR) is 59.9 cm³/mol. The molecule has 2 rings (SSSR count). The van der Waals surface area contributed by atoms with E-state index in [-0.39, 0.29) is 19.0 Å². The van der Waals surface area contributed by atoms with Crippen LogP contribution in [-0.4, -0.2) is 14.7 Å². The highest BCUT2D eigenvalue weighted by atomic mass is 19.1. The number of aromatic nitrogens is 2. The Kier molecular flexibility index (Phi) is 3.39. The Balaban J connectivity index is 2.16. The molecule has 0 fully saturated rings. The molecule has 0 aliphatic rings. The first-order chi connectivity index (χ1) is 8.22. The van der Waals surface area contributed by atoms with Crippen LogP contribution in [0.1, 0.15) is 11.4 Å². The van der Waals surface area contributed by atoms with Crippen molar-refractivity contribution in [3.8, 4) is 5.75 Å². The summed E-state index contributed by atoms with van der Waals surface area (Å²) in [4.78, 5) is 4.07. The molecular weight excluding hydrogens is 223 g/mol. The molecule has 5 heteroatoms. The standard InChI is InChI=1S/C12H13FN2O2/c1-15-6-5-14-11(15)8-17-12-9(7-16)3-2-4-10(12)13/h2-6,16H,7-8H2,1H3. The summed E-state index contributed by atoms with van der Waals surface area (Å²) in [5.41, 5.74) is 0.430. The lowest BCUT2D eigenvalue weighted by atomic mass is 10.2. The molecular formula is C12H13FN2O2. The number of hydrogen-bond donors (Lipinski definition) is 1. The van der Waals surface area contributed by atoms with Gasteiger partial charge in [-0.15, -0.1) is 0 Å². The minimum Gasteiger partial charge on any atom is -0.482 e. The fraction of sp³-hybridized carbons (Fsp3) is 0.250. The second kappa shape index (κ2) is 4.97. The summed E-state index contributed by atoms with van der Waals surface area (Å²) in [6.07, 6.45) is 3.43. The van der Waals surface area contributed by atoms with E-state index in [4.69, 9.17) is 9.84 Å². The summed E-state index contributed by atoms with van der Waals surface area (Å²) < 4.78 is 20.7. The third kappa shape index (κ3) is 2.45. The van der Waals surface area contributed by atoms with Gasteiger partial charge in [0.2, 0.25) is 0 Å². The van der Waals surface area contributed by atoms with Crippen LogP contribution in [0.3, 0.4) is 0 Å². The minimum atomic E-state index is -0.481. The Bertz CT molecular complexity index is 511. The van der Waals surface area contributed by atoms with E-state index in [1.54, 1.807) is 23.0 Å². The maximum absolute atomic E-state index is 13.5. The Morgan fingerprint density at radius 1 is 1.47 bits per heavy atom. The monoisotopic (exact) mass is 236 g/mol. The number of ether oxygens (including phenoxy) is 1. The average Bonchev–Trinajstić information content (AvgIpc) is 2.73. The first kappa shape index (κ1) is 11.6. The van der Waals surface area contributed by atoms with E-state index < -0.39 is 5.82 Å². The largest absolute Gasteiger partial charge is 0.482 e. The summed E-state index contributed by atoms with van der Waals surface area (Å²) >= 11 is 0. The lowest BCUT2D eigenvalue weighted by molar-refractivity contribution is 0.246. The van der Waals surface area contributed by atoms with Gasteiger partial charge in [-0.1, -0.05) is 12.1 Å². The van der Waals surface area contributed by atoms with E-state index in [1.807, 2.05) is 7.05 Å². The number of para-hydroxylation sites is 1. The molecule has 0 unspecified atom stereocenters. The molecule has 0 saturated carbocycles. The maximum Gasteiger partial charge on any atom is 0.165 e. The van der Waals surface area contributed by atoms with Crippen molar-refractivity contribution in [1.29, 1.82) is 0 Å². The summed E-state index contributed by atoms with van der Waals surface area (Å²) in [5.74, 6) is 0.293. The third-order valence-corrected chi connectivity index (χ3v) is 2.49. The van der Waals surface area contributed by atoms with Gasteiger partial charge in [-0.05, 0) is 6.07 Å². The molecule has 17 heavy (non-hydrogen) atoms. The molecule has 0 spiro atoms. The molecule has 1 aromatic carbocycles. The molecule has 1 aromatic heterocycles. The molecule has 2 aromatic rings. The lowest BCUT2D eigenvalue weighted by Crippen LogP contribution is -2.05. The van der Waals surface area contributed by atoms with Crippen LogP contribution < -0.4 is 4.74 Å². The number of imidazole rings is 1. The average molecular weight is 236 g/mol. The van der Waals surface area contributed by atoms with Crippen LogP contribution in [0.15, 0.2) is 30.6 Å². The summed E-state index contributed by atoms with van der Waals surface area (Å²) in [6, 6.07) is 4.46. The van der Waals surface area contributed by atoms with Crippen molar-refractivity contribution >= 4 is 0 Å². The SMILES string of the molecule is Cn1ccnc1COc1c(F)cccc1CO. The summed E-state index contributed by atoms with van der Waals surface area (Å²) in [6.45, 7) is -0.0922. The molecule has 0 aliphatic carbocycles. The smallest absolute Gasteiger partial charge is 0.165 e. The lowest BCUT2D eigenvalue weighted by Gasteiger charge is -2.10. The zero-order valence-corrected chi connectivity index (χ0v) is 9.43. The first-order valence-electron chi connectivity index (χ1n) is 5.19. The molecule has 4 nitrogen and oxygen atoms in total. The van der Waals surface area contributed by atoms with Crippen molar-refractivity contribution in [2.24, 2.45) is 7.05 Å². The fourth-order valence-corrected chi connectivity index (χ4v) is 1.51. The number of hydrogen-bond acceptors (Lipinski definition) is 3. The van der Waals surface area contributed by atoms with Crippen molar-refractivity contribution < 1.29 is 14.2 Å². The second-order valence-corrected chi connectivity index (χ2v) is 3.63. The highest BCUT2D eigenvalue weighted by Crippen LogP contribution is 2.23. The number of rotatable bonds is 4. The number of aliphatic hydroxyl groups excluding tert-OH is 1. The zero-order chi connectivity index (χ0) is 12.3. The van der Waals surface area contributed by atoms with E-state index >= 15 is 0 Å². The van der Waals surface area contributed by atoms with Gasteiger partial charge in [-0.2, -0.15) is 0 Å². The molecule has 1 heterocycles. The molecule has 0 bridgehead atoms. The van der Waals surface area contributed by atoms with Gasteiger partial charge >= 0.3 is 0 Å². The molecule has 1 N–H and O–H groups in total. The highest BCUT2D eigenvalue weighted by molar-refractivity contribution is 5.34. The number of aliphatic hydroxyl groups is 1. The zero-order valence-electron chi connectivity index (χ0n) is 9.43. The van der Waals surface area contributed by atoms with Crippen molar-refractivity contribution in [1.82, 2.24) is 9.55 Å². The molecule has 0 atom stereocenters. The Morgan fingerprint density at radius 2 is 2.29 bits per heavy atom. The van der Waals surface area contributed by atoms with Crippen molar-refractivity contribution in [2.45, 2.75) is 13.2 Å². The minimum absolute atomic E-state index is 0.0815. The van der Waals surface area contributed by atoms with Crippen LogP contribution in [0.4, 0.5) is 4.39 Å². The van der Waals surface area contributed by atoms with Gasteiger partial charge in [-0.3, -0.25) is 0 Å². The van der Waals surface area contributed by atoms with E-state index in [0.29, 0.717) is 11.4 Å². The van der Waals surface area contributed by atoms with Crippen LogP contribution in [-0.2, 0) is 20.3 Å². The first-order valence-corrected chi connectivity index (χ1v) is 5.19. The number of aryl methyl sites for hydroxylation is 1. The molecule has 0 radical (unpaired) electrons. The van der Waals surface area contributed by atoms with Crippen molar-refractivity contribution in [2.75, 3.05) is 0 Å². The van der Waals surface area contributed by atoms with Crippen LogP contribution in [0, 0.1) is 5.82 Å². The predicted octanol–water partition coefficient (Wildman–Crippen LogP) is 1.63. The fourth-order valence-electron chi connectivity index (χ4n) is 1.51. The van der Waals surface area contributed by atoms with Gasteiger partial charge in [0, 0.05) is 25.0 Å². The Hall–Kier alpha value is -1.88. The van der Waals surface area contributed by atoms with Crippen LogP contribution in [0.5, 0.6) is 5.75 Å². The second-order valence-electron chi connectivity index (χ2n) is 3.63. The topological polar surface area (TPSA) is 47.3 Å². The Labute approximate surface area is 98.3 Å². The number of benzene rings is 1. The van der Waals surface area contributed by atoms with Gasteiger partial charge in [-0.25, -0.2) is 9.37 Å². The normalized spacial score (nSPS) is 10.5. The highest BCUT2D eigenvalue weighted by Gasteiger charge is 2.10. The quantitative estimate of drug-likeness (QED) is 0.877. The molecule has 0 aliphatic heterocycles. The molecule has 0 amide bonds. The van der Waals surface area contributed by atoms with E-state index in [1.165, 1.54) is 12.1 Å². The van der Waals surface area contributed by atoms with Crippen LogP contribution in [0.25, 0.3) is 0 Å². The van der Waals surface area contributed by atoms with E-state index in [2.05, 4.69) is 4.98 Å². The van der Waals surface area contributed by atoms with Crippen LogP contribution in [0.2, 0.25) is 0 Å². The van der Waals surface area contributed by atoms with Gasteiger partial charge in [0.1, 0.15) is 12.4 Å². The van der Waals surface area contributed by atoms with Crippen molar-refractivity contribution in [3.05, 3.63) is 47.8 Å². The maximum atomic E-state index is 13.5. The van der Waals surface area contributed by atoms with Crippen LogP contribution >= 0.6 is 0 Å². The number of nitrogens with zero attached hydrogens (tertiary/aromatic N) is 2. The van der Waals surface area contributed by atoms with Crippen molar-refractivity contribution in [3.63, 3.8) is 0 Å². The van der Waals surface area contributed by atoms with E-state index in [9.17, 15) is 4.39 Å².